The van der Waals surface area contributed by atoms with Gasteiger partial charge in [0.1, 0.15) is 24.4 Å². The molecule has 0 bridgehead atoms. The van der Waals surface area contributed by atoms with Crippen molar-refractivity contribution in [3.63, 3.8) is 0 Å². The van der Waals surface area contributed by atoms with E-state index in [1.165, 1.54) is 0 Å². The fraction of sp³-hybridized carbons (Fsp3) is 1.00. The largest absolute Gasteiger partial charge is 0.376 e. The van der Waals surface area contributed by atoms with Crippen LogP contribution in [0.1, 0.15) is 6.92 Å². The second-order valence-corrected chi connectivity index (χ2v) is 6.04. The van der Waals surface area contributed by atoms with Crippen LogP contribution in [-0.2, 0) is 33.2 Å². The molecule has 0 radical (unpaired) electrons. The van der Waals surface area contributed by atoms with Crippen molar-refractivity contribution in [1.82, 2.24) is 0 Å². The van der Waals surface area contributed by atoms with Gasteiger partial charge in [0.25, 0.3) is 0 Å². The van der Waals surface area contributed by atoms with E-state index in [4.69, 9.17) is 33.2 Å². The Bertz CT molecular complexity index is 299. The molecule has 4 heterocycles. The summed E-state index contributed by atoms with van der Waals surface area (Å²) in [5.74, 6) is 0. The minimum absolute atomic E-state index is 0.156. The minimum atomic E-state index is 0.156. The molecule has 22 heavy (non-hydrogen) atoms. The summed E-state index contributed by atoms with van der Waals surface area (Å²) in [6.45, 7) is 9.02. The van der Waals surface area contributed by atoms with E-state index in [2.05, 4.69) is 0 Å². The first kappa shape index (κ1) is 16.6. The maximum Gasteiger partial charge on any atom is 0.104 e. The van der Waals surface area contributed by atoms with Crippen LogP contribution in [-0.4, -0.2) is 90.0 Å². The van der Waals surface area contributed by atoms with Gasteiger partial charge in [-0.15, -0.1) is 0 Å². The predicted octanol–water partition coefficient (Wildman–Crippen LogP) is 0.00630. The Kier molecular flexibility index (Phi) is 6.43. The summed E-state index contributed by atoms with van der Waals surface area (Å²) in [5.41, 5.74) is 0. The maximum absolute atomic E-state index is 5.48. The molecular formula is C15H26O7. The lowest BCUT2D eigenvalue weighted by molar-refractivity contribution is -0.0146. The summed E-state index contributed by atoms with van der Waals surface area (Å²) < 4.78 is 36.0. The van der Waals surface area contributed by atoms with E-state index in [-0.39, 0.29) is 6.10 Å². The van der Waals surface area contributed by atoms with Gasteiger partial charge < -0.3 is 33.2 Å². The SMILES string of the molecule is C(OCC1CO1)C1CO1.CC(COCC1CO1)OCC1CO1. The summed E-state index contributed by atoms with van der Waals surface area (Å²) in [5, 5.41) is 0. The van der Waals surface area contributed by atoms with Crippen molar-refractivity contribution in [2.75, 3.05) is 59.5 Å². The molecule has 0 spiro atoms. The Morgan fingerprint density at radius 2 is 1.14 bits per heavy atom. The highest BCUT2D eigenvalue weighted by atomic mass is 16.6. The average Bonchev–Trinajstić information content (AvgIpc) is 3.37. The number of hydrogen-bond acceptors (Lipinski definition) is 7. The molecule has 5 atom stereocenters. The van der Waals surface area contributed by atoms with Crippen LogP contribution in [0.4, 0.5) is 0 Å². The maximum atomic E-state index is 5.48. The molecule has 5 unspecified atom stereocenters. The summed E-state index contributed by atoms with van der Waals surface area (Å²) in [7, 11) is 0. The highest BCUT2D eigenvalue weighted by Gasteiger charge is 2.26. The average molecular weight is 318 g/mol. The molecule has 4 fully saturated rings. The lowest BCUT2D eigenvalue weighted by Gasteiger charge is -2.11. The van der Waals surface area contributed by atoms with E-state index < -0.39 is 0 Å². The van der Waals surface area contributed by atoms with Crippen LogP contribution in [0.2, 0.25) is 0 Å². The first-order chi connectivity index (χ1) is 10.8. The van der Waals surface area contributed by atoms with Crippen LogP contribution in [0.25, 0.3) is 0 Å². The molecule has 0 aromatic rings. The van der Waals surface area contributed by atoms with Gasteiger partial charge in [-0.1, -0.05) is 0 Å². The van der Waals surface area contributed by atoms with Crippen LogP contribution < -0.4 is 0 Å². The summed E-state index contributed by atoms with van der Waals surface area (Å²) >= 11 is 0. The quantitative estimate of drug-likeness (QED) is 0.496. The molecule has 7 heteroatoms. The van der Waals surface area contributed by atoms with Gasteiger partial charge in [0.2, 0.25) is 0 Å². The Labute approximate surface area is 131 Å². The van der Waals surface area contributed by atoms with Crippen LogP contribution >= 0.6 is 0 Å². The topological polar surface area (TPSA) is 77.8 Å². The number of rotatable bonds is 11. The van der Waals surface area contributed by atoms with Crippen molar-refractivity contribution < 1.29 is 33.2 Å². The zero-order valence-corrected chi connectivity index (χ0v) is 13.1. The Balaban J connectivity index is 0.000000139. The van der Waals surface area contributed by atoms with Crippen molar-refractivity contribution in [2.24, 2.45) is 0 Å². The Morgan fingerprint density at radius 1 is 0.727 bits per heavy atom. The molecule has 0 saturated carbocycles. The van der Waals surface area contributed by atoms with E-state index in [0.29, 0.717) is 44.2 Å². The molecule has 4 rings (SSSR count). The normalized spacial score (nSPS) is 35.3. The van der Waals surface area contributed by atoms with Gasteiger partial charge in [-0.2, -0.15) is 0 Å². The molecule has 7 nitrogen and oxygen atoms in total. The van der Waals surface area contributed by atoms with Gasteiger partial charge in [0.15, 0.2) is 0 Å². The van der Waals surface area contributed by atoms with E-state index in [1.54, 1.807) is 0 Å². The minimum Gasteiger partial charge on any atom is -0.376 e. The van der Waals surface area contributed by atoms with Crippen LogP contribution in [0.3, 0.4) is 0 Å². The molecule has 128 valence electrons. The second kappa shape index (κ2) is 8.54. The molecule has 0 aromatic carbocycles. The molecule has 4 aliphatic heterocycles. The zero-order valence-electron chi connectivity index (χ0n) is 13.1. The van der Waals surface area contributed by atoms with Crippen molar-refractivity contribution >= 4 is 0 Å². The van der Waals surface area contributed by atoms with Gasteiger partial charge >= 0.3 is 0 Å². The van der Waals surface area contributed by atoms with E-state index in [0.717, 1.165) is 39.6 Å². The lowest BCUT2D eigenvalue weighted by atomic mass is 10.4. The number of hydrogen-bond donors (Lipinski definition) is 0. The summed E-state index contributed by atoms with van der Waals surface area (Å²) in [4.78, 5) is 0. The predicted molar refractivity (Wildman–Crippen MR) is 76.0 cm³/mol. The zero-order chi connectivity index (χ0) is 15.2. The fourth-order valence-electron chi connectivity index (χ4n) is 1.67. The van der Waals surface area contributed by atoms with Gasteiger partial charge in [-0.05, 0) is 6.92 Å². The first-order valence-corrected chi connectivity index (χ1v) is 8.03. The smallest absolute Gasteiger partial charge is 0.104 e. The molecule has 0 aromatic heterocycles. The van der Waals surface area contributed by atoms with Crippen LogP contribution in [0.15, 0.2) is 0 Å². The highest BCUT2D eigenvalue weighted by molar-refractivity contribution is 4.71. The highest BCUT2D eigenvalue weighted by Crippen LogP contribution is 2.13. The molecule has 0 aliphatic carbocycles. The van der Waals surface area contributed by atoms with Gasteiger partial charge in [0.05, 0.1) is 65.6 Å². The van der Waals surface area contributed by atoms with E-state index >= 15 is 0 Å². The Morgan fingerprint density at radius 3 is 1.59 bits per heavy atom. The summed E-state index contributed by atoms with van der Waals surface area (Å²) in [6, 6.07) is 0. The third kappa shape index (κ3) is 8.38. The van der Waals surface area contributed by atoms with Crippen molar-refractivity contribution in [2.45, 2.75) is 37.4 Å². The second-order valence-electron chi connectivity index (χ2n) is 6.04. The molecule has 4 aliphatic rings. The van der Waals surface area contributed by atoms with Crippen LogP contribution in [0.5, 0.6) is 0 Å². The molecule has 0 amide bonds. The standard InChI is InChI=1S/C9H16O4.C6H10O3/c1-7(11-4-9-6-13-9)2-10-3-8-5-12-8;1(5-3-8-5)7-2-6-4-9-6/h7-9H,2-6H2,1H3;5-6H,1-4H2. The van der Waals surface area contributed by atoms with Gasteiger partial charge in [0, 0.05) is 0 Å². The summed E-state index contributed by atoms with van der Waals surface area (Å²) in [6.07, 6.45) is 1.63. The van der Waals surface area contributed by atoms with E-state index in [1.807, 2.05) is 6.92 Å². The number of ether oxygens (including phenoxy) is 7. The first-order valence-electron chi connectivity index (χ1n) is 8.03. The molecule has 0 N–H and O–H groups in total. The lowest BCUT2D eigenvalue weighted by Crippen LogP contribution is -2.19. The number of epoxide rings is 4. The third-order valence-electron chi connectivity index (χ3n) is 3.44. The van der Waals surface area contributed by atoms with Crippen LogP contribution in [0, 0.1) is 0 Å². The monoisotopic (exact) mass is 318 g/mol. The molecule has 4 saturated heterocycles. The van der Waals surface area contributed by atoms with Crippen molar-refractivity contribution in [3.05, 3.63) is 0 Å². The third-order valence-corrected chi connectivity index (χ3v) is 3.44. The van der Waals surface area contributed by atoms with Crippen molar-refractivity contribution in [1.29, 1.82) is 0 Å². The van der Waals surface area contributed by atoms with Gasteiger partial charge in [-0.3, -0.25) is 0 Å². The van der Waals surface area contributed by atoms with Gasteiger partial charge in [-0.25, -0.2) is 0 Å². The molecular weight excluding hydrogens is 292 g/mol. The fourth-order valence-corrected chi connectivity index (χ4v) is 1.67. The Hall–Kier alpha value is -0.280. The van der Waals surface area contributed by atoms with Crippen molar-refractivity contribution in [3.8, 4) is 0 Å². The van der Waals surface area contributed by atoms with E-state index in [9.17, 15) is 0 Å².